The topological polar surface area (TPSA) is 41.1 Å². The Bertz CT molecular complexity index is 1010. The minimum atomic E-state index is -0.215. The maximum absolute atomic E-state index is 12.3. The molecule has 5 heteroatoms. The molecular formula is C21H15IN2OS. The van der Waals surface area contributed by atoms with Gasteiger partial charge < -0.3 is 5.32 Å². The number of rotatable bonds is 2. The third-order valence-electron chi connectivity index (χ3n) is 4.39. The summed E-state index contributed by atoms with van der Waals surface area (Å²) in [7, 11) is 0. The van der Waals surface area contributed by atoms with Gasteiger partial charge in [0.1, 0.15) is 0 Å². The molecule has 1 aliphatic carbocycles. The zero-order chi connectivity index (χ0) is 18.1. The van der Waals surface area contributed by atoms with Crippen molar-refractivity contribution >= 4 is 51.5 Å². The number of hydrogen-bond acceptors (Lipinski definition) is 2. The normalized spacial score (nSPS) is 11.4. The van der Waals surface area contributed by atoms with E-state index in [1.165, 1.54) is 22.3 Å². The van der Waals surface area contributed by atoms with Crippen LogP contribution in [0.1, 0.15) is 21.5 Å². The second-order valence-corrected chi connectivity index (χ2v) is 7.77. The second-order valence-electron chi connectivity index (χ2n) is 6.12. The minimum Gasteiger partial charge on any atom is -0.332 e. The number of thiocarbonyl (C=S) groups is 1. The molecule has 3 aromatic carbocycles. The van der Waals surface area contributed by atoms with Crippen molar-refractivity contribution in [2.45, 2.75) is 6.42 Å². The Morgan fingerprint density at radius 3 is 2.46 bits per heavy atom. The van der Waals surface area contributed by atoms with Crippen LogP contribution in [0.25, 0.3) is 11.1 Å². The molecule has 0 unspecified atom stereocenters. The molecule has 1 aliphatic rings. The molecule has 0 aromatic heterocycles. The Labute approximate surface area is 171 Å². The molecule has 0 aliphatic heterocycles. The highest BCUT2D eigenvalue weighted by Crippen LogP contribution is 2.37. The lowest BCUT2D eigenvalue weighted by Crippen LogP contribution is -2.34. The quantitative estimate of drug-likeness (QED) is 0.321. The van der Waals surface area contributed by atoms with Crippen LogP contribution in [-0.4, -0.2) is 11.0 Å². The fourth-order valence-corrected chi connectivity index (χ4v) is 3.73. The molecule has 0 spiro atoms. The van der Waals surface area contributed by atoms with E-state index in [4.69, 9.17) is 12.2 Å². The SMILES string of the molecule is O=C(NC(=S)Nc1ccc2c(c1)Cc1ccccc1-2)c1ccc(I)cc1. The van der Waals surface area contributed by atoms with Gasteiger partial charge in [-0.1, -0.05) is 30.3 Å². The third-order valence-corrected chi connectivity index (χ3v) is 5.31. The fourth-order valence-electron chi connectivity index (χ4n) is 3.16. The van der Waals surface area contributed by atoms with Crippen LogP contribution in [0.5, 0.6) is 0 Å². The predicted molar refractivity (Wildman–Crippen MR) is 118 cm³/mol. The average molecular weight is 470 g/mol. The van der Waals surface area contributed by atoms with Crippen molar-refractivity contribution in [2.24, 2.45) is 0 Å². The van der Waals surface area contributed by atoms with Gasteiger partial charge in [-0.2, -0.15) is 0 Å². The van der Waals surface area contributed by atoms with E-state index in [-0.39, 0.29) is 5.91 Å². The third kappa shape index (κ3) is 3.50. The first-order valence-corrected chi connectivity index (χ1v) is 9.68. The van der Waals surface area contributed by atoms with Crippen molar-refractivity contribution < 1.29 is 4.79 Å². The molecule has 26 heavy (non-hydrogen) atoms. The van der Waals surface area contributed by atoms with Crippen molar-refractivity contribution in [1.82, 2.24) is 5.32 Å². The van der Waals surface area contributed by atoms with Crippen LogP contribution in [0, 0.1) is 3.57 Å². The molecule has 0 fully saturated rings. The van der Waals surface area contributed by atoms with Gasteiger partial charge in [-0.15, -0.1) is 0 Å². The van der Waals surface area contributed by atoms with Gasteiger partial charge in [-0.3, -0.25) is 10.1 Å². The smallest absolute Gasteiger partial charge is 0.257 e. The van der Waals surface area contributed by atoms with Gasteiger partial charge in [0.15, 0.2) is 5.11 Å². The van der Waals surface area contributed by atoms with Crippen LogP contribution in [-0.2, 0) is 6.42 Å². The van der Waals surface area contributed by atoms with Crippen LogP contribution in [0.3, 0.4) is 0 Å². The number of benzene rings is 3. The van der Waals surface area contributed by atoms with E-state index >= 15 is 0 Å². The van der Waals surface area contributed by atoms with Crippen LogP contribution in [0.4, 0.5) is 5.69 Å². The Balaban J connectivity index is 1.45. The molecule has 4 rings (SSSR count). The van der Waals surface area contributed by atoms with E-state index in [0.29, 0.717) is 10.7 Å². The van der Waals surface area contributed by atoms with Gasteiger partial charge in [-0.05, 0) is 99.9 Å². The maximum Gasteiger partial charge on any atom is 0.257 e. The fraction of sp³-hybridized carbons (Fsp3) is 0.0476. The lowest BCUT2D eigenvalue weighted by atomic mass is 10.1. The molecule has 3 aromatic rings. The number of amides is 1. The summed E-state index contributed by atoms with van der Waals surface area (Å²) in [5.41, 5.74) is 6.63. The van der Waals surface area contributed by atoms with Gasteiger partial charge >= 0.3 is 0 Å². The molecule has 2 N–H and O–H groups in total. The van der Waals surface area contributed by atoms with Gasteiger partial charge in [0.2, 0.25) is 0 Å². The van der Waals surface area contributed by atoms with Gasteiger partial charge in [0.25, 0.3) is 5.91 Å². The van der Waals surface area contributed by atoms with Crippen LogP contribution in [0.15, 0.2) is 66.7 Å². The summed E-state index contributed by atoms with van der Waals surface area (Å²) >= 11 is 7.50. The van der Waals surface area contributed by atoms with Gasteiger partial charge in [-0.25, -0.2) is 0 Å². The number of anilines is 1. The Morgan fingerprint density at radius 1 is 0.923 bits per heavy atom. The molecule has 0 radical (unpaired) electrons. The molecule has 0 atom stereocenters. The molecule has 0 heterocycles. The van der Waals surface area contributed by atoms with Crippen molar-refractivity contribution in [3.63, 3.8) is 0 Å². The number of carbonyl (C=O) groups is 1. The molecule has 3 nitrogen and oxygen atoms in total. The summed E-state index contributed by atoms with van der Waals surface area (Å²) in [6.07, 6.45) is 0.919. The standard InChI is InChI=1S/C21H15IN2OS/c22-16-7-5-13(6-8-16)20(25)24-21(26)23-17-9-10-19-15(12-17)11-14-3-1-2-4-18(14)19/h1-10,12H,11H2,(H2,23,24,25,26). The Kier molecular flexibility index (Phi) is 4.74. The monoisotopic (exact) mass is 470 g/mol. The van der Waals surface area contributed by atoms with E-state index < -0.39 is 0 Å². The predicted octanol–water partition coefficient (Wildman–Crippen LogP) is 4.99. The summed E-state index contributed by atoms with van der Waals surface area (Å²) in [5.74, 6) is -0.215. The van der Waals surface area contributed by atoms with Crippen molar-refractivity contribution in [3.05, 3.63) is 87.0 Å². The van der Waals surface area contributed by atoms with Crippen molar-refractivity contribution in [3.8, 4) is 11.1 Å². The lowest BCUT2D eigenvalue weighted by Gasteiger charge is -2.11. The maximum atomic E-state index is 12.3. The van der Waals surface area contributed by atoms with E-state index in [9.17, 15) is 4.79 Å². The molecule has 1 amide bonds. The molecule has 0 saturated carbocycles. The summed E-state index contributed by atoms with van der Waals surface area (Å²) < 4.78 is 1.08. The van der Waals surface area contributed by atoms with E-state index in [1.807, 2.05) is 18.2 Å². The van der Waals surface area contributed by atoms with Crippen molar-refractivity contribution in [1.29, 1.82) is 0 Å². The van der Waals surface area contributed by atoms with Crippen LogP contribution in [0.2, 0.25) is 0 Å². The largest absolute Gasteiger partial charge is 0.332 e. The Morgan fingerprint density at radius 2 is 1.65 bits per heavy atom. The Hall–Kier alpha value is -2.25. The van der Waals surface area contributed by atoms with E-state index in [2.05, 4.69) is 69.6 Å². The van der Waals surface area contributed by atoms with Crippen molar-refractivity contribution in [2.75, 3.05) is 5.32 Å². The number of nitrogens with one attached hydrogen (secondary N) is 2. The van der Waals surface area contributed by atoms with Gasteiger partial charge in [0, 0.05) is 14.8 Å². The van der Waals surface area contributed by atoms with Gasteiger partial charge in [0.05, 0.1) is 0 Å². The second kappa shape index (κ2) is 7.17. The molecule has 0 bridgehead atoms. The molecular weight excluding hydrogens is 455 g/mol. The summed E-state index contributed by atoms with van der Waals surface area (Å²) in [5, 5.41) is 6.13. The number of carbonyl (C=O) groups excluding carboxylic acids is 1. The molecule has 0 saturated heterocycles. The minimum absolute atomic E-state index is 0.215. The zero-order valence-electron chi connectivity index (χ0n) is 13.8. The first-order valence-electron chi connectivity index (χ1n) is 8.19. The zero-order valence-corrected chi connectivity index (χ0v) is 16.7. The first-order chi connectivity index (χ1) is 12.6. The highest BCUT2D eigenvalue weighted by atomic mass is 127. The highest BCUT2D eigenvalue weighted by molar-refractivity contribution is 14.1. The number of fused-ring (bicyclic) bond motifs is 3. The highest BCUT2D eigenvalue weighted by Gasteiger charge is 2.18. The summed E-state index contributed by atoms with van der Waals surface area (Å²) in [6, 6.07) is 22.0. The van der Waals surface area contributed by atoms with Crippen LogP contribution >= 0.6 is 34.8 Å². The van der Waals surface area contributed by atoms with E-state index in [1.54, 1.807) is 12.1 Å². The summed E-state index contributed by atoms with van der Waals surface area (Å²) in [4.78, 5) is 12.3. The lowest BCUT2D eigenvalue weighted by molar-refractivity contribution is 0.0977. The van der Waals surface area contributed by atoms with E-state index in [0.717, 1.165) is 15.7 Å². The number of hydrogen-bond donors (Lipinski definition) is 2. The number of halogens is 1. The first kappa shape index (κ1) is 17.2. The molecule has 128 valence electrons. The average Bonchev–Trinajstić information content (AvgIpc) is 2.99. The summed E-state index contributed by atoms with van der Waals surface area (Å²) in [6.45, 7) is 0. The van der Waals surface area contributed by atoms with Crippen LogP contribution < -0.4 is 10.6 Å².